The summed E-state index contributed by atoms with van der Waals surface area (Å²) in [5.41, 5.74) is 0.420. The van der Waals surface area contributed by atoms with Gasteiger partial charge in [-0.25, -0.2) is 0 Å². The van der Waals surface area contributed by atoms with Crippen LogP contribution in [0.2, 0.25) is 0 Å². The average molecular weight is 658 g/mol. The lowest BCUT2D eigenvalue weighted by Crippen LogP contribution is -2.60. The summed E-state index contributed by atoms with van der Waals surface area (Å²) in [6.07, 6.45) is 0.301. The molecule has 1 aromatic carbocycles. The number of aliphatic hydroxyl groups excluding tert-OH is 8. The monoisotopic (exact) mass is 657 g/mol. The smallest absolute Gasteiger partial charge is 0.223 e. The molecule has 266 valence electrons. The Morgan fingerprint density at radius 3 is 1.93 bits per heavy atom. The molecule has 9 N–H and O–H groups in total. The molecular formula is C34H59NO11. The highest BCUT2D eigenvalue weighted by Crippen LogP contribution is 2.23. The molecule has 4 unspecified atom stereocenters. The number of carbonyl (C=O) groups is 1. The van der Waals surface area contributed by atoms with E-state index in [0.29, 0.717) is 12.0 Å². The van der Waals surface area contributed by atoms with E-state index >= 15 is 0 Å². The van der Waals surface area contributed by atoms with Gasteiger partial charge in [0.15, 0.2) is 6.29 Å². The van der Waals surface area contributed by atoms with Gasteiger partial charge in [-0.05, 0) is 12.0 Å². The Hall–Kier alpha value is -1.71. The molecule has 1 aliphatic rings. The van der Waals surface area contributed by atoms with Gasteiger partial charge in [0, 0.05) is 0 Å². The van der Waals surface area contributed by atoms with Crippen molar-refractivity contribution >= 4 is 5.91 Å². The van der Waals surface area contributed by atoms with E-state index in [0.717, 1.165) is 19.3 Å². The largest absolute Gasteiger partial charge is 0.394 e. The minimum absolute atomic E-state index is 0.264. The molecule has 1 saturated heterocycles. The molecule has 1 aliphatic heterocycles. The van der Waals surface area contributed by atoms with Crippen LogP contribution in [0.5, 0.6) is 0 Å². The Balaban J connectivity index is 1.89. The molecular weight excluding hydrogens is 598 g/mol. The van der Waals surface area contributed by atoms with E-state index in [1.165, 1.54) is 51.4 Å². The van der Waals surface area contributed by atoms with Crippen LogP contribution in [0.4, 0.5) is 0 Å². The van der Waals surface area contributed by atoms with Gasteiger partial charge >= 0.3 is 0 Å². The van der Waals surface area contributed by atoms with Gasteiger partial charge in [0.2, 0.25) is 5.91 Å². The second-order valence-corrected chi connectivity index (χ2v) is 12.6. The van der Waals surface area contributed by atoms with Gasteiger partial charge in [-0.3, -0.25) is 4.79 Å². The topological polar surface area (TPSA) is 209 Å². The van der Waals surface area contributed by atoms with Crippen molar-refractivity contribution in [1.29, 1.82) is 0 Å². The zero-order chi connectivity index (χ0) is 33.9. The van der Waals surface area contributed by atoms with Gasteiger partial charge in [0.25, 0.3) is 0 Å². The number of amides is 1. The summed E-state index contributed by atoms with van der Waals surface area (Å²) in [6, 6.07) is 7.11. The predicted molar refractivity (Wildman–Crippen MR) is 171 cm³/mol. The second kappa shape index (κ2) is 22.8. The summed E-state index contributed by atoms with van der Waals surface area (Å²) in [4.78, 5) is 12.9. The van der Waals surface area contributed by atoms with Crippen LogP contribution in [0.15, 0.2) is 30.3 Å². The first-order valence-corrected chi connectivity index (χ1v) is 17.1. The highest BCUT2D eigenvalue weighted by molar-refractivity contribution is 5.77. The normalized spacial score (nSPS) is 25.0. The van der Waals surface area contributed by atoms with Crippen molar-refractivity contribution in [3.8, 4) is 0 Å². The first-order valence-electron chi connectivity index (χ1n) is 17.1. The van der Waals surface area contributed by atoms with Gasteiger partial charge in [-0.2, -0.15) is 0 Å². The van der Waals surface area contributed by atoms with Crippen LogP contribution in [0.3, 0.4) is 0 Å². The lowest BCUT2D eigenvalue weighted by atomic mass is 9.98. The molecule has 0 bridgehead atoms. The molecule has 12 heteroatoms. The molecule has 2 rings (SSSR count). The Labute approximate surface area is 273 Å². The minimum Gasteiger partial charge on any atom is -0.394 e. The van der Waals surface area contributed by atoms with Gasteiger partial charge in [-0.1, -0.05) is 114 Å². The van der Waals surface area contributed by atoms with E-state index in [2.05, 4.69) is 12.2 Å². The Morgan fingerprint density at radius 2 is 1.37 bits per heavy atom. The van der Waals surface area contributed by atoms with E-state index in [1.54, 1.807) is 30.3 Å². The molecule has 1 fully saturated rings. The first-order chi connectivity index (χ1) is 22.1. The van der Waals surface area contributed by atoms with Crippen LogP contribution in [0.1, 0.15) is 108 Å². The molecule has 1 heterocycles. The zero-order valence-electron chi connectivity index (χ0n) is 27.3. The predicted octanol–water partition coefficient (Wildman–Crippen LogP) is 1.59. The number of benzene rings is 1. The third kappa shape index (κ3) is 14.2. The number of rotatable bonds is 24. The van der Waals surface area contributed by atoms with Crippen LogP contribution in [-0.4, -0.2) is 115 Å². The van der Waals surface area contributed by atoms with Crippen molar-refractivity contribution in [2.45, 2.75) is 158 Å². The molecule has 0 radical (unpaired) electrons. The van der Waals surface area contributed by atoms with Gasteiger partial charge in [-0.15, -0.1) is 0 Å². The van der Waals surface area contributed by atoms with Gasteiger partial charge < -0.3 is 55.6 Å². The van der Waals surface area contributed by atoms with Crippen molar-refractivity contribution < 1.29 is 55.1 Å². The molecule has 0 aliphatic carbocycles. The van der Waals surface area contributed by atoms with Crippen molar-refractivity contribution in [3.63, 3.8) is 0 Å². The van der Waals surface area contributed by atoms with Crippen molar-refractivity contribution in [2.75, 3.05) is 13.2 Å². The lowest BCUT2D eigenvalue weighted by Gasteiger charge is -2.40. The van der Waals surface area contributed by atoms with E-state index in [-0.39, 0.29) is 6.42 Å². The standard InChI is InChI=1S/C34H59NO11/c1-2-3-4-5-6-7-8-9-10-11-12-16-19-25(37)30(41)24(22-45-34-33(44)32(43)31(42)27(21-36)46-34)35-28(39)20-26(38)29(40)23-17-14-13-15-18-23/h13-15,17-18,24-27,29-34,36-38,40-44H,2-12,16,19-22H2,1H3,(H,35,39)/t24-,25+,26?,27?,29?,30-,31-,32-,33?,34-/m0/s1. The first kappa shape index (κ1) is 40.5. The van der Waals surface area contributed by atoms with Crippen LogP contribution >= 0.6 is 0 Å². The van der Waals surface area contributed by atoms with E-state index < -0.39 is 86.7 Å². The molecule has 0 spiro atoms. The quantitative estimate of drug-likeness (QED) is 0.0729. The number of ether oxygens (including phenoxy) is 2. The maximum absolute atomic E-state index is 12.9. The fourth-order valence-electron chi connectivity index (χ4n) is 5.70. The van der Waals surface area contributed by atoms with Gasteiger partial charge in [0.1, 0.15) is 36.6 Å². The minimum atomic E-state index is -1.69. The molecule has 1 amide bonds. The van der Waals surface area contributed by atoms with Crippen molar-refractivity contribution in [3.05, 3.63) is 35.9 Å². The van der Waals surface area contributed by atoms with Crippen LogP contribution < -0.4 is 5.32 Å². The van der Waals surface area contributed by atoms with E-state index in [4.69, 9.17) is 9.47 Å². The SMILES string of the molecule is CCCCCCCCCCCCCC[C@@H](O)[C@@H](O)[C@H](CO[C@H]1OC(CO)[C@H](O)[C@H](O)C1O)NC(=O)CC(O)C(O)c1ccccc1. The van der Waals surface area contributed by atoms with Crippen LogP contribution in [0.25, 0.3) is 0 Å². The average Bonchev–Trinajstić information content (AvgIpc) is 3.06. The third-order valence-corrected chi connectivity index (χ3v) is 8.69. The highest BCUT2D eigenvalue weighted by Gasteiger charge is 2.44. The van der Waals surface area contributed by atoms with E-state index in [9.17, 15) is 45.6 Å². The lowest BCUT2D eigenvalue weighted by molar-refractivity contribution is -0.303. The highest BCUT2D eigenvalue weighted by atomic mass is 16.7. The Bertz CT molecular complexity index is 924. The molecule has 10 atom stereocenters. The summed E-state index contributed by atoms with van der Waals surface area (Å²) in [5, 5.41) is 85.2. The molecule has 12 nitrogen and oxygen atoms in total. The number of carbonyl (C=O) groups excluding carboxylic acids is 1. The second-order valence-electron chi connectivity index (χ2n) is 12.6. The summed E-state index contributed by atoms with van der Waals surface area (Å²) in [5.74, 6) is -0.735. The number of nitrogens with one attached hydrogen (secondary N) is 1. The molecule has 46 heavy (non-hydrogen) atoms. The maximum atomic E-state index is 12.9. The third-order valence-electron chi connectivity index (χ3n) is 8.69. The fourth-order valence-corrected chi connectivity index (χ4v) is 5.70. The summed E-state index contributed by atoms with van der Waals surface area (Å²) >= 11 is 0. The number of hydrogen-bond donors (Lipinski definition) is 9. The van der Waals surface area contributed by atoms with Crippen molar-refractivity contribution in [2.24, 2.45) is 0 Å². The number of aliphatic hydroxyl groups is 8. The molecule has 1 aromatic rings. The maximum Gasteiger partial charge on any atom is 0.223 e. The van der Waals surface area contributed by atoms with Gasteiger partial charge in [0.05, 0.1) is 37.9 Å². The molecule has 0 saturated carbocycles. The van der Waals surface area contributed by atoms with Crippen LogP contribution in [0, 0.1) is 0 Å². The Kier molecular flexibility index (Phi) is 20.0. The van der Waals surface area contributed by atoms with Crippen molar-refractivity contribution in [1.82, 2.24) is 5.32 Å². The Morgan fingerprint density at radius 1 is 0.804 bits per heavy atom. The van der Waals surface area contributed by atoms with E-state index in [1.807, 2.05) is 0 Å². The van der Waals surface area contributed by atoms with Crippen LogP contribution in [-0.2, 0) is 14.3 Å². The summed E-state index contributed by atoms with van der Waals surface area (Å²) in [6.45, 7) is 1.07. The molecule has 0 aromatic heterocycles. The number of hydrogen-bond acceptors (Lipinski definition) is 11. The zero-order valence-corrected chi connectivity index (χ0v) is 27.3. The summed E-state index contributed by atoms with van der Waals surface area (Å²) < 4.78 is 10.9. The fraction of sp³-hybridized carbons (Fsp3) is 0.794. The number of unbranched alkanes of at least 4 members (excludes halogenated alkanes) is 11. The summed E-state index contributed by atoms with van der Waals surface area (Å²) in [7, 11) is 0.